The fourth-order valence-corrected chi connectivity index (χ4v) is 4.81. The molecule has 0 amide bonds. The van der Waals surface area contributed by atoms with Crippen molar-refractivity contribution in [3.63, 3.8) is 0 Å². The molecule has 3 heterocycles. The molecule has 0 spiro atoms. The number of pyridine rings is 2. The maximum Gasteiger partial charge on any atom is 0.139 e. The largest absolute Gasteiger partial charge is 0.374 e. The number of ketones is 1. The molecule has 0 radical (unpaired) electrons. The number of aryl methyl sites for hydroxylation is 1. The minimum absolute atomic E-state index is 0.147. The molecule has 1 atom stereocenters. The molecular formula is C33H34N4O3. The van der Waals surface area contributed by atoms with E-state index in [9.17, 15) is 4.79 Å². The van der Waals surface area contributed by atoms with Gasteiger partial charge >= 0.3 is 0 Å². The summed E-state index contributed by atoms with van der Waals surface area (Å²) in [6.45, 7) is 5.76. The van der Waals surface area contributed by atoms with Crippen LogP contribution >= 0.6 is 0 Å². The summed E-state index contributed by atoms with van der Waals surface area (Å²) in [5.41, 5.74) is 6.42. The molecule has 204 valence electrons. The third kappa shape index (κ3) is 7.05. The van der Waals surface area contributed by atoms with Gasteiger partial charge in [-0.25, -0.2) is 4.68 Å². The Labute approximate surface area is 234 Å². The molecule has 5 aromatic rings. The molecule has 0 aliphatic carbocycles. The summed E-state index contributed by atoms with van der Waals surface area (Å²) in [5.74, 6) is 0.301. The second-order valence-electron chi connectivity index (χ2n) is 10.0. The molecule has 2 aromatic carbocycles. The first kappa shape index (κ1) is 27.4. The summed E-state index contributed by atoms with van der Waals surface area (Å²) in [4.78, 5) is 22.3. The van der Waals surface area contributed by atoms with E-state index in [1.807, 2.05) is 84.5 Å². The Morgan fingerprint density at radius 3 is 2.40 bits per heavy atom. The Bertz CT molecular complexity index is 1550. The topological polar surface area (TPSA) is 79.1 Å². The van der Waals surface area contributed by atoms with Crippen LogP contribution in [-0.2, 0) is 33.9 Å². The van der Waals surface area contributed by atoms with Crippen LogP contribution in [-0.4, -0.2) is 38.7 Å². The maximum atomic E-state index is 13.0. The highest BCUT2D eigenvalue weighted by atomic mass is 16.5. The van der Waals surface area contributed by atoms with Crippen LogP contribution in [0, 0.1) is 6.92 Å². The number of hydrogen-bond donors (Lipinski definition) is 0. The van der Waals surface area contributed by atoms with E-state index in [4.69, 9.17) is 14.5 Å². The van der Waals surface area contributed by atoms with E-state index in [-0.39, 0.29) is 24.7 Å². The van der Waals surface area contributed by atoms with Gasteiger partial charge in [-0.2, -0.15) is 5.10 Å². The van der Waals surface area contributed by atoms with Gasteiger partial charge in [0.1, 0.15) is 5.78 Å². The van der Waals surface area contributed by atoms with Gasteiger partial charge in [-0.1, -0.05) is 67.6 Å². The molecule has 0 N–H and O–H groups in total. The van der Waals surface area contributed by atoms with E-state index in [1.165, 1.54) is 0 Å². The van der Waals surface area contributed by atoms with Crippen LogP contribution in [0.5, 0.6) is 0 Å². The van der Waals surface area contributed by atoms with Crippen LogP contribution in [0.3, 0.4) is 0 Å². The first-order chi connectivity index (χ1) is 19.6. The zero-order valence-corrected chi connectivity index (χ0v) is 23.0. The van der Waals surface area contributed by atoms with Crippen LogP contribution in [0.2, 0.25) is 0 Å². The van der Waals surface area contributed by atoms with Gasteiger partial charge in [-0.15, -0.1) is 0 Å². The molecule has 5 rings (SSSR count). The zero-order valence-electron chi connectivity index (χ0n) is 23.0. The van der Waals surface area contributed by atoms with Gasteiger partial charge in [0.15, 0.2) is 0 Å². The molecule has 0 unspecified atom stereocenters. The third-order valence-electron chi connectivity index (χ3n) is 6.80. The van der Waals surface area contributed by atoms with Gasteiger partial charge in [0.05, 0.1) is 49.5 Å². The van der Waals surface area contributed by atoms with E-state index in [2.05, 4.69) is 29.1 Å². The lowest BCUT2D eigenvalue weighted by atomic mass is 9.94. The summed E-state index contributed by atoms with van der Waals surface area (Å²) in [6.07, 6.45) is 4.32. The summed E-state index contributed by atoms with van der Waals surface area (Å²) in [6, 6.07) is 26.1. The van der Waals surface area contributed by atoms with Crippen molar-refractivity contribution in [3.8, 4) is 5.69 Å². The average molecular weight is 535 g/mol. The number of benzene rings is 2. The predicted molar refractivity (Wildman–Crippen MR) is 155 cm³/mol. The van der Waals surface area contributed by atoms with Crippen molar-refractivity contribution < 1.29 is 14.3 Å². The molecule has 0 fully saturated rings. The smallest absolute Gasteiger partial charge is 0.139 e. The quantitative estimate of drug-likeness (QED) is 0.168. The normalized spacial score (nSPS) is 12.1. The van der Waals surface area contributed by atoms with Crippen molar-refractivity contribution in [2.45, 2.75) is 45.8 Å². The number of carbonyl (C=O) groups is 1. The molecule has 0 bridgehead atoms. The van der Waals surface area contributed by atoms with E-state index < -0.39 is 0 Å². The Kier molecular flexibility index (Phi) is 9.06. The SMILES string of the molecule is Cc1cc(-n2ncc3cc(CC(=O)C[C@H](C)c4ccccc4)nc(COCCOCc4ccccc4)c32)ccn1. The van der Waals surface area contributed by atoms with Crippen LogP contribution in [0.1, 0.15) is 47.5 Å². The monoisotopic (exact) mass is 534 g/mol. The number of aromatic nitrogens is 4. The average Bonchev–Trinajstić information content (AvgIpc) is 3.40. The number of carbonyl (C=O) groups excluding carboxylic acids is 1. The second kappa shape index (κ2) is 13.2. The number of rotatable bonds is 13. The van der Waals surface area contributed by atoms with Gasteiger partial charge in [0, 0.05) is 35.8 Å². The van der Waals surface area contributed by atoms with Crippen LogP contribution in [0.25, 0.3) is 16.6 Å². The summed E-state index contributed by atoms with van der Waals surface area (Å²) in [5, 5.41) is 5.57. The van der Waals surface area contributed by atoms with Gasteiger partial charge < -0.3 is 9.47 Å². The number of nitrogens with zero attached hydrogens (tertiary/aromatic N) is 4. The van der Waals surface area contributed by atoms with Crippen molar-refractivity contribution >= 4 is 16.7 Å². The van der Waals surface area contributed by atoms with Crippen LogP contribution < -0.4 is 0 Å². The lowest BCUT2D eigenvalue weighted by molar-refractivity contribution is -0.118. The van der Waals surface area contributed by atoms with Crippen molar-refractivity contribution in [3.05, 3.63) is 119 Å². The molecule has 7 nitrogen and oxygen atoms in total. The molecule has 0 aliphatic heterocycles. The Morgan fingerprint density at radius 1 is 0.925 bits per heavy atom. The summed E-state index contributed by atoms with van der Waals surface area (Å²) >= 11 is 0. The van der Waals surface area contributed by atoms with Crippen molar-refractivity contribution in [1.82, 2.24) is 19.7 Å². The Balaban J connectivity index is 1.31. The lowest BCUT2D eigenvalue weighted by Crippen LogP contribution is -2.11. The maximum absolute atomic E-state index is 13.0. The summed E-state index contributed by atoms with van der Waals surface area (Å²) < 4.78 is 13.6. The molecule has 0 aliphatic rings. The van der Waals surface area contributed by atoms with E-state index in [0.29, 0.717) is 26.2 Å². The van der Waals surface area contributed by atoms with Crippen molar-refractivity contribution in [1.29, 1.82) is 0 Å². The Morgan fingerprint density at radius 2 is 1.65 bits per heavy atom. The van der Waals surface area contributed by atoms with Crippen molar-refractivity contribution in [2.24, 2.45) is 0 Å². The Hall–Kier alpha value is -4.20. The first-order valence-corrected chi connectivity index (χ1v) is 13.6. The van der Waals surface area contributed by atoms with Crippen LogP contribution in [0.15, 0.2) is 91.3 Å². The highest BCUT2D eigenvalue weighted by Gasteiger charge is 2.17. The number of hydrogen-bond acceptors (Lipinski definition) is 6. The van der Waals surface area contributed by atoms with Gasteiger partial charge in [-0.3, -0.25) is 14.8 Å². The molecular weight excluding hydrogens is 500 g/mol. The standard InChI is InChI=1S/C33H34N4O3/c1-24(27-11-7-4-8-12-27)17-31(38)20-29-19-28-21-35-37(30-13-14-34-25(2)18-30)33(28)32(36-29)23-40-16-15-39-22-26-9-5-3-6-10-26/h3-14,18-19,21,24H,15-17,20,22-23H2,1-2H3/t24-/m0/s1. The number of fused-ring (bicyclic) bond motifs is 1. The van der Waals surface area contributed by atoms with E-state index in [1.54, 1.807) is 6.20 Å². The minimum Gasteiger partial charge on any atom is -0.374 e. The summed E-state index contributed by atoms with van der Waals surface area (Å²) in [7, 11) is 0. The molecule has 3 aromatic heterocycles. The lowest BCUT2D eigenvalue weighted by Gasteiger charge is -2.13. The highest BCUT2D eigenvalue weighted by Crippen LogP contribution is 2.25. The van der Waals surface area contributed by atoms with Crippen LogP contribution in [0.4, 0.5) is 0 Å². The zero-order chi connectivity index (χ0) is 27.7. The van der Waals surface area contributed by atoms with Gasteiger partial charge in [0.2, 0.25) is 0 Å². The fourth-order valence-electron chi connectivity index (χ4n) is 4.81. The molecule has 40 heavy (non-hydrogen) atoms. The second-order valence-corrected chi connectivity index (χ2v) is 10.0. The van der Waals surface area contributed by atoms with E-state index >= 15 is 0 Å². The highest BCUT2D eigenvalue weighted by molar-refractivity contribution is 5.85. The number of ether oxygens (including phenoxy) is 2. The molecule has 0 saturated carbocycles. The van der Waals surface area contributed by atoms with E-state index in [0.717, 1.165) is 44.8 Å². The molecule has 0 saturated heterocycles. The van der Waals surface area contributed by atoms with Gasteiger partial charge in [0.25, 0.3) is 0 Å². The third-order valence-corrected chi connectivity index (χ3v) is 6.80. The minimum atomic E-state index is 0.147. The number of Topliss-reactive ketones (excluding diaryl/α,β-unsaturated/α-hetero) is 1. The van der Waals surface area contributed by atoms with Crippen molar-refractivity contribution in [2.75, 3.05) is 13.2 Å². The molecule has 7 heteroatoms. The first-order valence-electron chi connectivity index (χ1n) is 13.6. The predicted octanol–water partition coefficient (Wildman–Crippen LogP) is 6.16. The van der Waals surface area contributed by atoms with Gasteiger partial charge in [-0.05, 0) is 42.2 Å². The fraction of sp³-hybridized carbons (Fsp3) is 0.273.